The fraction of sp³-hybridized carbons (Fsp3) is 0.222. The minimum absolute atomic E-state index is 0.488. The molecule has 0 unspecified atom stereocenters. The molecule has 0 heterocycles. The third kappa shape index (κ3) is 1.83. The van der Waals surface area contributed by atoms with Crippen LogP contribution in [0.3, 0.4) is 0 Å². The van der Waals surface area contributed by atoms with Gasteiger partial charge in [0.1, 0.15) is 11.9 Å². The highest BCUT2D eigenvalue weighted by Crippen LogP contribution is 2.15. The Morgan fingerprint density at radius 2 is 2.00 bits per heavy atom. The monoisotopic (exact) mass is 166 g/mol. The van der Waals surface area contributed by atoms with E-state index in [0.29, 0.717) is 17.6 Å². The Labute approximate surface area is 70.6 Å². The van der Waals surface area contributed by atoms with Crippen LogP contribution >= 0.6 is 0 Å². The zero-order chi connectivity index (χ0) is 8.97. The molecule has 0 aliphatic rings. The van der Waals surface area contributed by atoms with Crippen LogP contribution in [-0.2, 0) is 4.79 Å². The van der Waals surface area contributed by atoms with Gasteiger partial charge < -0.3 is 14.6 Å². The summed E-state index contributed by atoms with van der Waals surface area (Å²) in [4.78, 5) is 10.2. The fourth-order valence-electron chi connectivity index (χ4n) is 0.880. The van der Waals surface area contributed by atoms with Gasteiger partial charge in [0.05, 0.1) is 7.11 Å². The summed E-state index contributed by atoms with van der Waals surface area (Å²) < 4.78 is 4.91. The Morgan fingerprint density at radius 1 is 1.42 bits per heavy atom. The van der Waals surface area contributed by atoms with Gasteiger partial charge in [-0.1, -0.05) is 12.1 Å². The van der Waals surface area contributed by atoms with Crippen molar-refractivity contribution in [3.8, 4) is 5.75 Å². The lowest BCUT2D eigenvalue weighted by Crippen LogP contribution is -1.97. The second-order valence-electron chi connectivity index (χ2n) is 2.35. The zero-order valence-corrected chi connectivity index (χ0v) is 6.73. The highest BCUT2D eigenvalue weighted by Gasteiger charge is 2.03. The van der Waals surface area contributed by atoms with Gasteiger partial charge >= 0.3 is 0 Å². The van der Waals surface area contributed by atoms with Crippen LogP contribution in [0.15, 0.2) is 24.3 Å². The largest absolute Gasteiger partial charge is 0.497 e. The van der Waals surface area contributed by atoms with E-state index in [-0.39, 0.29) is 0 Å². The number of methoxy groups -OCH3 is 1. The number of carbonyl (C=O) groups excluding carboxylic acids is 1. The maximum absolute atomic E-state index is 10.2. The molecule has 0 bridgehead atoms. The number of hydrogen-bond acceptors (Lipinski definition) is 3. The molecule has 3 nitrogen and oxygen atoms in total. The Kier molecular flexibility index (Phi) is 2.82. The van der Waals surface area contributed by atoms with Crippen molar-refractivity contribution in [3.05, 3.63) is 29.8 Å². The second-order valence-corrected chi connectivity index (χ2v) is 2.35. The van der Waals surface area contributed by atoms with E-state index in [1.54, 1.807) is 31.4 Å². The number of aliphatic hydroxyl groups excluding tert-OH is 1. The third-order valence-corrected chi connectivity index (χ3v) is 1.59. The molecule has 1 aromatic carbocycles. The van der Waals surface area contributed by atoms with Crippen LogP contribution in [0.25, 0.3) is 0 Å². The van der Waals surface area contributed by atoms with E-state index in [1.807, 2.05) is 0 Å². The van der Waals surface area contributed by atoms with Gasteiger partial charge in [0, 0.05) is 0 Å². The Balaban J connectivity index is 2.84. The Hall–Kier alpha value is -1.35. The summed E-state index contributed by atoms with van der Waals surface area (Å²) >= 11 is 0. The summed E-state index contributed by atoms with van der Waals surface area (Å²) in [6.07, 6.45) is -0.544. The van der Waals surface area contributed by atoms with E-state index >= 15 is 0 Å². The van der Waals surface area contributed by atoms with Crippen molar-refractivity contribution < 1.29 is 14.6 Å². The van der Waals surface area contributed by atoms with Gasteiger partial charge in [-0.15, -0.1) is 0 Å². The van der Waals surface area contributed by atoms with E-state index in [9.17, 15) is 4.79 Å². The highest BCUT2D eigenvalue weighted by atomic mass is 16.5. The topological polar surface area (TPSA) is 46.5 Å². The number of rotatable bonds is 3. The first-order valence-corrected chi connectivity index (χ1v) is 3.55. The van der Waals surface area contributed by atoms with Crippen LogP contribution in [0.5, 0.6) is 5.75 Å². The molecule has 12 heavy (non-hydrogen) atoms. The van der Waals surface area contributed by atoms with Gasteiger partial charge in [-0.25, -0.2) is 0 Å². The Morgan fingerprint density at radius 3 is 2.42 bits per heavy atom. The molecule has 1 aromatic rings. The van der Waals surface area contributed by atoms with Crippen LogP contribution in [0.1, 0.15) is 11.7 Å². The molecule has 0 aliphatic carbocycles. The average Bonchev–Trinajstić information content (AvgIpc) is 2.17. The average molecular weight is 166 g/mol. The lowest BCUT2D eigenvalue weighted by atomic mass is 10.1. The van der Waals surface area contributed by atoms with Crippen LogP contribution < -0.4 is 4.74 Å². The lowest BCUT2D eigenvalue weighted by Gasteiger charge is -2.03. The minimum atomic E-state index is -1.03. The normalized spacial score (nSPS) is 12.2. The maximum Gasteiger partial charge on any atom is 0.153 e. The van der Waals surface area contributed by atoms with Gasteiger partial charge in [-0.3, -0.25) is 0 Å². The van der Waals surface area contributed by atoms with Gasteiger partial charge in [0.2, 0.25) is 0 Å². The summed E-state index contributed by atoms with van der Waals surface area (Å²) in [7, 11) is 1.56. The van der Waals surface area contributed by atoms with Crippen molar-refractivity contribution in [2.75, 3.05) is 7.11 Å². The molecule has 0 aromatic heterocycles. The molecule has 1 N–H and O–H groups in total. The molecule has 0 aliphatic heterocycles. The molecule has 0 radical (unpaired) electrons. The van der Waals surface area contributed by atoms with Crippen LogP contribution in [0, 0.1) is 0 Å². The van der Waals surface area contributed by atoms with Gasteiger partial charge in [0.15, 0.2) is 6.29 Å². The summed E-state index contributed by atoms with van der Waals surface area (Å²) in [5.41, 5.74) is 0.575. The van der Waals surface area contributed by atoms with E-state index in [0.717, 1.165) is 0 Å². The van der Waals surface area contributed by atoms with Crippen LogP contribution in [0.4, 0.5) is 0 Å². The van der Waals surface area contributed by atoms with Crippen molar-refractivity contribution in [3.63, 3.8) is 0 Å². The maximum atomic E-state index is 10.2. The molecule has 64 valence electrons. The molecule has 0 saturated heterocycles. The quantitative estimate of drug-likeness (QED) is 0.679. The molecular weight excluding hydrogens is 156 g/mol. The molecule has 0 spiro atoms. The predicted octanol–water partition coefficient (Wildman–Crippen LogP) is 0.927. The van der Waals surface area contributed by atoms with Gasteiger partial charge in [0.25, 0.3) is 0 Å². The summed E-state index contributed by atoms with van der Waals surface area (Å²) in [6, 6.07) is 6.69. The number of ether oxygens (including phenoxy) is 1. The van der Waals surface area contributed by atoms with Crippen LogP contribution in [0.2, 0.25) is 0 Å². The summed E-state index contributed by atoms with van der Waals surface area (Å²) in [6.45, 7) is 0. The number of carbonyl (C=O) groups is 1. The van der Waals surface area contributed by atoms with Crippen molar-refractivity contribution >= 4 is 6.29 Å². The highest BCUT2D eigenvalue weighted by molar-refractivity contribution is 5.59. The second kappa shape index (κ2) is 3.88. The van der Waals surface area contributed by atoms with E-state index in [4.69, 9.17) is 9.84 Å². The molecule has 1 atom stereocenters. The van der Waals surface area contributed by atoms with Crippen molar-refractivity contribution in [1.82, 2.24) is 0 Å². The van der Waals surface area contributed by atoms with E-state index in [2.05, 4.69) is 0 Å². The molecule has 0 saturated carbocycles. The number of benzene rings is 1. The zero-order valence-electron chi connectivity index (χ0n) is 6.73. The number of aliphatic hydroxyl groups is 1. The van der Waals surface area contributed by atoms with E-state index in [1.165, 1.54) is 0 Å². The first-order valence-electron chi connectivity index (χ1n) is 3.55. The van der Waals surface area contributed by atoms with Crippen molar-refractivity contribution in [2.24, 2.45) is 0 Å². The molecule has 0 amide bonds. The molecule has 3 heteroatoms. The SMILES string of the molecule is COc1ccc([C@H](O)C=O)cc1. The van der Waals surface area contributed by atoms with E-state index < -0.39 is 6.10 Å². The molecular formula is C9H10O3. The predicted molar refractivity (Wildman–Crippen MR) is 44.0 cm³/mol. The number of hydrogen-bond donors (Lipinski definition) is 1. The minimum Gasteiger partial charge on any atom is -0.497 e. The first kappa shape index (κ1) is 8.74. The fourth-order valence-corrected chi connectivity index (χ4v) is 0.880. The van der Waals surface area contributed by atoms with Gasteiger partial charge in [-0.05, 0) is 17.7 Å². The number of aldehydes is 1. The summed E-state index contributed by atoms with van der Waals surface area (Å²) in [5, 5.41) is 9.08. The smallest absolute Gasteiger partial charge is 0.153 e. The van der Waals surface area contributed by atoms with Crippen molar-refractivity contribution in [2.45, 2.75) is 6.10 Å². The summed E-state index contributed by atoms with van der Waals surface area (Å²) in [5.74, 6) is 0.705. The third-order valence-electron chi connectivity index (χ3n) is 1.59. The van der Waals surface area contributed by atoms with Crippen LogP contribution in [-0.4, -0.2) is 18.5 Å². The standard InChI is InChI=1S/C9H10O3/c1-12-8-4-2-7(3-5-8)9(11)6-10/h2-6,9,11H,1H3/t9-/m1/s1. The lowest BCUT2D eigenvalue weighted by molar-refractivity contribution is -0.115. The molecule has 0 fully saturated rings. The van der Waals surface area contributed by atoms with Gasteiger partial charge in [-0.2, -0.15) is 0 Å². The first-order chi connectivity index (χ1) is 5.77. The Bertz CT molecular complexity index is 253. The molecule has 1 rings (SSSR count). The van der Waals surface area contributed by atoms with Crippen molar-refractivity contribution in [1.29, 1.82) is 0 Å².